The average Bonchev–Trinajstić information content (AvgIpc) is 2.57. The van der Waals surface area contributed by atoms with Crippen LogP contribution in [0, 0.1) is 11.7 Å². The molecule has 0 bridgehead atoms. The molecule has 1 aliphatic rings. The molecule has 1 aliphatic heterocycles. The van der Waals surface area contributed by atoms with Crippen molar-refractivity contribution >= 4 is 17.6 Å². The van der Waals surface area contributed by atoms with Gasteiger partial charge in [0.1, 0.15) is 5.82 Å². The Kier molecular flexibility index (Phi) is 5.17. The first-order chi connectivity index (χ1) is 11.6. The molecular formula is C19H19ClFNO2. The van der Waals surface area contributed by atoms with Crippen LogP contribution in [0.3, 0.4) is 0 Å². The molecule has 0 radical (unpaired) electrons. The van der Waals surface area contributed by atoms with Gasteiger partial charge in [0.25, 0.3) is 0 Å². The minimum Gasteiger partial charge on any atom is -0.481 e. The summed E-state index contributed by atoms with van der Waals surface area (Å²) in [6.07, 6.45) is 1.14. The lowest BCUT2D eigenvalue weighted by Crippen LogP contribution is -2.39. The van der Waals surface area contributed by atoms with Crippen LogP contribution >= 0.6 is 11.6 Å². The average molecular weight is 348 g/mol. The molecule has 3 rings (SSSR count). The maximum Gasteiger partial charge on any atom is 0.306 e. The molecule has 0 spiro atoms. The number of piperidine rings is 1. The van der Waals surface area contributed by atoms with Gasteiger partial charge in [-0.3, -0.25) is 9.69 Å². The number of hydrogen-bond acceptors (Lipinski definition) is 2. The summed E-state index contributed by atoms with van der Waals surface area (Å²) in [6.45, 7) is 1.23. The van der Waals surface area contributed by atoms with E-state index in [0.717, 1.165) is 5.56 Å². The third-order valence-electron chi connectivity index (χ3n) is 4.61. The second-order valence-electron chi connectivity index (χ2n) is 6.13. The summed E-state index contributed by atoms with van der Waals surface area (Å²) < 4.78 is 14.4. The highest BCUT2D eigenvalue weighted by Gasteiger charge is 2.31. The molecule has 2 aromatic carbocycles. The third-order valence-corrected chi connectivity index (χ3v) is 4.84. The highest BCUT2D eigenvalue weighted by molar-refractivity contribution is 6.30. The molecule has 1 saturated heterocycles. The van der Waals surface area contributed by atoms with Crippen LogP contribution in [0.4, 0.5) is 4.39 Å². The predicted octanol–water partition coefficient (Wildman–Crippen LogP) is 4.37. The van der Waals surface area contributed by atoms with Crippen LogP contribution in [0.5, 0.6) is 0 Å². The summed E-state index contributed by atoms with van der Waals surface area (Å²) in [5.74, 6) is -1.33. The number of carbonyl (C=O) groups is 1. The maximum atomic E-state index is 14.4. The number of carboxylic acids is 1. The van der Waals surface area contributed by atoms with E-state index in [1.54, 1.807) is 18.2 Å². The topological polar surface area (TPSA) is 40.5 Å². The first kappa shape index (κ1) is 16.9. The molecule has 5 heteroatoms. The fourth-order valence-corrected chi connectivity index (χ4v) is 3.56. The fourth-order valence-electron chi connectivity index (χ4n) is 3.37. The van der Waals surface area contributed by atoms with E-state index in [0.29, 0.717) is 36.5 Å². The lowest BCUT2D eigenvalue weighted by molar-refractivity contribution is -0.143. The second kappa shape index (κ2) is 7.32. The van der Waals surface area contributed by atoms with E-state index in [9.17, 15) is 14.3 Å². The number of benzene rings is 2. The van der Waals surface area contributed by atoms with Gasteiger partial charge in [0.05, 0.1) is 12.0 Å². The zero-order valence-corrected chi connectivity index (χ0v) is 13.9. The molecule has 3 nitrogen and oxygen atoms in total. The van der Waals surface area contributed by atoms with E-state index in [1.165, 1.54) is 6.07 Å². The van der Waals surface area contributed by atoms with E-state index < -0.39 is 5.97 Å². The van der Waals surface area contributed by atoms with E-state index in [2.05, 4.69) is 4.90 Å². The van der Waals surface area contributed by atoms with Crippen LogP contribution in [-0.2, 0) is 4.79 Å². The van der Waals surface area contributed by atoms with Crippen molar-refractivity contribution in [3.05, 3.63) is 70.5 Å². The van der Waals surface area contributed by atoms with Crippen molar-refractivity contribution in [2.24, 2.45) is 5.92 Å². The number of likely N-dealkylation sites (tertiary alicyclic amines) is 1. The lowest BCUT2D eigenvalue weighted by Gasteiger charge is -2.37. The number of carboxylic acid groups (broad SMARTS) is 1. The molecule has 1 heterocycles. The minimum absolute atomic E-state index is 0.261. The predicted molar refractivity (Wildman–Crippen MR) is 91.6 cm³/mol. The van der Waals surface area contributed by atoms with Gasteiger partial charge in [0, 0.05) is 10.6 Å². The van der Waals surface area contributed by atoms with Crippen LogP contribution in [0.15, 0.2) is 48.5 Å². The van der Waals surface area contributed by atoms with Gasteiger partial charge in [-0.2, -0.15) is 0 Å². The van der Waals surface area contributed by atoms with Gasteiger partial charge in [-0.15, -0.1) is 0 Å². The van der Waals surface area contributed by atoms with Gasteiger partial charge in [-0.25, -0.2) is 4.39 Å². The molecule has 1 N–H and O–H groups in total. The zero-order chi connectivity index (χ0) is 17.1. The van der Waals surface area contributed by atoms with E-state index in [4.69, 9.17) is 11.6 Å². The van der Waals surface area contributed by atoms with Crippen molar-refractivity contribution in [1.29, 1.82) is 0 Å². The Morgan fingerprint density at radius 2 is 1.88 bits per heavy atom. The summed E-state index contributed by atoms with van der Waals surface area (Å²) in [7, 11) is 0. The summed E-state index contributed by atoms with van der Waals surface area (Å²) in [6, 6.07) is 13.9. The minimum atomic E-state index is -0.750. The van der Waals surface area contributed by atoms with Crippen molar-refractivity contribution in [2.75, 3.05) is 13.1 Å². The van der Waals surface area contributed by atoms with Crippen LogP contribution in [0.1, 0.15) is 30.0 Å². The normalized spacial score (nSPS) is 17.6. The van der Waals surface area contributed by atoms with Gasteiger partial charge in [0.15, 0.2) is 0 Å². The highest BCUT2D eigenvalue weighted by atomic mass is 35.5. The molecule has 1 unspecified atom stereocenters. The number of hydrogen-bond donors (Lipinski definition) is 1. The SMILES string of the molecule is O=C(O)C1CCN(C(c2cccc(Cl)c2)c2ccccc2F)CC1. The van der Waals surface area contributed by atoms with Gasteiger partial charge < -0.3 is 5.11 Å². The number of nitrogens with zero attached hydrogens (tertiary/aromatic N) is 1. The van der Waals surface area contributed by atoms with Crippen LogP contribution < -0.4 is 0 Å². The molecule has 126 valence electrons. The molecule has 0 aromatic heterocycles. The molecule has 1 fully saturated rings. The Hall–Kier alpha value is -1.91. The van der Waals surface area contributed by atoms with Crippen molar-refractivity contribution in [3.8, 4) is 0 Å². The van der Waals surface area contributed by atoms with Gasteiger partial charge >= 0.3 is 5.97 Å². The van der Waals surface area contributed by atoms with E-state index in [-0.39, 0.29) is 17.8 Å². The smallest absolute Gasteiger partial charge is 0.306 e. The number of rotatable bonds is 4. The van der Waals surface area contributed by atoms with Crippen molar-refractivity contribution in [1.82, 2.24) is 4.90 Å². The Morgan fingerprint density at radius 3 is 2.50 bits per heavy atom. The van der Waals surface area contributed by atoms with E-state index in [1.807, 2.05) is 24.3 Å². The summed E-state index contributed by atoms with van der Waals surface area (Å²) in [4.78, 5) is 13.3. The Labute approximate surface area is 145 Å². The Morgan fingerprint density at radius 1 is 1.17 bits per heavy atom. The summed E-state index contributed by atoms with van der Waals surface area (Å²) >= 11 is 6.13. The third kappa shape index (κ3) is 3.60. The molecule has 0 amide bonds. The van der Waals surface area contributed by atoms with Gasteiger partial charge in [-0.05, 0) is 49.7 Å². The number of halogens is 2. The standard InChI is InChI=1S/C19H19ClFNO2/c20-15-5-3-4-14(12-15)18(16-6-1-2-7-17(16)21)22-10-8-13(9-11-22)19(23)24/h1-7,12-13,18H,8-11H2,(H,23,24). The molecule has 0 aliphatic carbocycles. The Balaban J connectivity index is 1.95. The monoisotopic (exact) mass is 347 g/mol. The van der Waals surface area contributed by atoms with Crippen molar-refractivity contribution in [3.63, 3.8) is 0 Å². The second-order valence-corrected chi connectivity index (χ2v) is 6.56. The van der Waals surface area contributed by atoms with Crippen molar-refractivity contribution in [2.45, 2.75) is 18.9 Å². The molecular weight excluding hydrogens is 329 g/mol. The van der Waals surface area contributed by atoms with Gasteiger partial charge in [0.2, 0.25) is 0 Å². The Bertz CT molecular complexity index is 729. The largest absolute Gasteiger partial charge is 0.481 e. The first-order valence-electron chi connectivity index (χ1n) is 8.03. The molecule has 2 aromatic rings. The molecule has 0 saturated carbocycles. The quantitative estimate of drug-likeness (QED) is 0.893. The molecule has 24 heavy (non-hydrogen) atoms. The molecule has 1 atom stereocenters. The highest BCUT2D eigenvalue weighted by Crippen LogP contribution is 2.34. The zero-order valence-electron chi connectivity index (χ0n) is 13.2. The summed E-state index contributed by atoms with van der Waals surface area (Å²) in [5.41, 5.74) is 1.51. The first-order valence-corrected chi connectivity index (χ1v) is 8.41. The summed E-state index contributed by atoms with van der Waals surface area (Å²) in [5, 5.41) is 9.79. The van der Waals surface area contributed by atoms with Crippen LogP contribution in [0.25, 0.3) is 0 Å². The van der Waals surface area contributed by atoms with Gasteiger partial charge in [-0.1, -0.05) is 41.9 Å². The maximum absolute atomic E-state index is 14.4. The fraction of sp³-hybridized carbons (Fsp3) is 0.316. The van der Waals surface area contributed by atoms with Crippen molar-refractivity contribution < 1.29 is 14.3 Å². The lowest BCUT2D eigenvalue weighted by atomic mass is 9.91. The number of aliphatic carboxylic acids is 1. The van der Waals surface area contributed by atoms with Crippen LogP contribution in [-0.4, -0.2) is 29.1 Å². The van der Waals surface area contributed by atoms with E-state index >= 15 is 0 Å². The van der Waals surface area contributed by atoms with Crippen LogP contribution in [0.2, 0.25) is 5.02 Å².